The van der Waals surface area contributed by atoms with Crippen LogP contribution in [0.5, 0.6) is 0 Å². The lowest BCUT2D eigenvalue weighted by atomic mass is 10.0. The highest BCUT2D eigenvalue weighted by molar-refractivity contribution is 5.74. The molecule has 3 nitrogen and oxygen atoms in total. The Hall–Kier alpha value is -0.860. The lowest BCUT2D eigenvalue weighted by molar-refractivity contribution is -0.141. The van der Waals surface area contributed by atoms with Crippen molar-refractivity contribution in [3.63, 3.8) is 0 Å². The second kappa shape index (κ2) is 4.97. The predicted molar refractivity (Wildman–Crippen MR) is 39.2 cm³/mol. The van der Waals surface area contributed by atoms with E-state index in [1.54, 1.807) is 0 Å². The van der Waals surface area contributed by atoms with Gasteiger partial charge in [-0.15, -0.1) is 0 Å². The number of rotatable bonds is 4. The average Bonchev–Trinajstić information content (AvgIpc) is 1.99. The van der Waals surface area contributed by atoms with Gasteiger partial charge in [-0.2, -0.15) is 0 Å². The summed E-state index contributed by atoms with van der Waals surface area (Å²) in [6, 6.07) is 0. The first-order valence-corrected chi connectivity index (χ1v) is 3.32. The number of methoxy groups -OCH3 is 1. The Morgan fingerprint density at radius 1 is 1.80 bits per heavy atom. The van der Waals surface area contributed by atoms with E-state index in [0.717, 1.165) is 6.42 Å². The van der Waals surface area contributed by atoms with Crippen molar-refractivity contribution >= 4 is 12.2 Å². The van der Waals surface area contributed by atoms with Gasteiger partial charge < -0.3 is 10.1 Å². The van der Waals surface area contributed by atoms with Crippen LogP contribution in [0, 0.1) is 11.3 Å². The van der Waals surface area contributed by atoms with Crippen molar-refractivity contribution in [3.05, 3.63) is 0 Å². The van der Waals surface area contributed by atoms with Crippen molar-refractivity contribution < 1.29 is 9.53 Å². The number of hydrogen-bond acceptors (Lipinski definition) is 3. The van der Waals surface area contributed by atoms with Crippen LogP contribution >= 0.6 is 0 Å². The minimum atomic E-state index is -0.240. The molecule has 0 aromatic rings. The summed E-state index contributed by atoms with van der Waals surface area (Å²) in [5.41, 5.74) is 0. The second-order valence-corrected chi connectivity index (χ2v) is 2.12. The molecule has 0 aromatic carbocycles. The highest BCUT2D eigenvalue weighted by atomic mass is 16.5. The number of carbonyl (C=O) groups is 1. The molecule has 0 radical (unpaired) electrons. The smallest absolute Gasteiger partial charge is 0.306 e. The SMILES string of the molecule is CCC(C=N)CC(=O)OC. The van der Waals surface area contributed by atoms with Crippen molar-refractivity contribution in [1.82, 2.24) is 0 Å². The molecule has 0 bridgehead atoms. The van der Waals surface area contributed by atoms with Crippen LogP contribution in [0.1, 0.15) is 19.8 Å². The predicted octanol–water partition coefficient (Wildman–Crippen LogP) is 1.23. The lowest BCUT2D eigenvalue weighted by Crippen LogP contribution is -2.09. The monoisotopic (exact) mass is 143 g/mol. The molecule has 0 aliphatic heterocycles. The fraction of sp³-hybridized carbons (Fsp3) is 0.714. The topological polar surface area (TPSA) is 50.2 Å². The van der Waals surface area contributed by atoms with E-state index in [1.165, 1.54) is 13.3 Å². The molecule has 0 saturated carbocycles. The molecule has 0 rings (SSSR count). The quantitative estimate of drug-likeness (QED) is 0.475. The zero-order chi connectivity index (χ0) is 7.98. The number of ether oxygens (including phenoxy) is 1. The summed E-state index contributed by atoms with van der Waals surface area (Å²) >= 11 is 0. The zero-order valence-electron chi connectivity index (χ0n) is 6.39. The van der Waals surface area contributed by atoms with Gasteiger partial charge in [-0.1, -0.05) is 6.92 Å². The molecule has 1 unspecified atom stereocenters. The van der Waals surface area contributed by atoms with Crippen LogP contribution in [0.15, 0.2) is 0 Å². The molecule has 10 heavy (non-hydrogen) atoms. The van der Waals surface area contributed by atoms with Crippen LogP contribution in [-0.4, -0.2) is 19.3 Å². The highest BCUT2D eigenvalue weighted by Gasteiger charge is 2.08. The van der Waals surface area contributed by atoms with Crippen LogP contribution in [0.3, 0.4) is 0 Å². The third-order valence-electron chi connectivity index (χ3n) is 1.42. The summed E-state index contributed by atoms with van der Waals surface area (Å²) in [4.78, 5) is 10.6. The normalized spacial score (nSPS) is 12.2. The van der Waals surface area contributed by atoms with Crippen molar-refractivity contribution in [2.45, 2.75) is 19.8 Å². The second-order valence-electron chi connectivity index (χ2n) is 2.12. The van der Waals surface area contributed by atoms with Crippen LogP contribution in [0.25, 0.3) is 0 Å². The molecule has 0 spiro atoms. The molecule has 1 N–H and O–H groups in total. The van der Waals surface area contributed by atoms with Gasteiger partial charge in [0.1, 0.15) is 0 Å². The zero-order valence-corrected chi connectivity index (χ0v) is 6.39. The van der Waals surface area contributed by atoms with Crippen molar-refractivity contribution in [2.24, 2.45) is 5.92 Å². The average molecular weight is 143 g/mol. The Morgan fingerprint density at radius 2 is 2.40 bits per heavy atom. The molecule has 0 fully saturated rings. The number of hydrogen-bond donors (Lipinski definition) is 1. The summed E-state index contributed by atoms with van der Waals surface area (Å²) in [5, 5.41) is 6.90. The minimum absolute atomic E-state index is 0.0486. The Morgan fingerprint density at radius 3 is 2.70 bits per heavy atom. The van der Waals surface area contributed by atoms with E-state index in [9.17, 15) is 4.79 Å². The van der Waals surface area contributed by atoms with Crippen LogP contribution in [-0.2, 0) is 9.53 Å². The Kier molecular flexibility index (Phi) is 4.54. The molecule has 3 heteroatoms. The van der Waals surface area contributed by atoms with Gasteiger partial charge >= 0.3 is 5.97 Å². The minimum Gasteiger partial charge on any atom is -0.469 e. The summed E-state index contributed by atoms with van der Waals surface area (Å²) < 4.78 is 4.44. The molecule has 1 atom stereocenters. The third kappa shape index (κ3) is 3.22. The maximum absolute atomic E-state index is 10.6. The highest BCUT2D eigenvalue weighted by Crippen LogP contribution is 2.04. The first-order valence-electron chi connectivity index (χ1n) is 3.32. The number of esters is 1. The first-order chi connectivity index (χ1) is 4.74. The van der Waals surface area contributed by atoms with Gasteiger partial charge in [0.15, 0.2) is 0 Å². The van der Waals surface area contributed by atoms with Crippen molar-refractivity contribution in [3.8, 4) is 0 Å². The Balaban J connectivity index is 3.62. The molecule has 0 heterocycles. The molecule has 0 amide bonds. The third-order valence-corrected chi connectivity index (χ3v) is 1.42. The van der Waals surface area contributed by atoms with Gasteiger partial charge in [0.2, 0.25) is 0 Å². The van der Waals surface area contributed by atoms with Gasteiger partial charge in [-0.3, -0.25) is 4.79 Å². The maximum Gasteiger partial charge on any atom is 0.306 e. The molecule has 0 aliphatic carbocycles. The number of nitrogens with one attached hydrogen (secondary N) is 1. The lowest BCUT2D eigenvalue weighted by Gasteiger charge is -2.04. The maximum atomic E-state index is 10.6. The summed E-state index contributed by atoms with van der Waals surface area (Å²) in [6.07, 6.45) is 2.44. The van der Waals surface area contributed by atoms with Gasteiger partial charge in [0, 0.05) is 5.92 Å². The summed E-state index contributed by atoms with van der Waals surface area (Å²) in [5.74, 6) is -0.192. The fourth-order valence-electron chi connectivity index (χ4n) is 0.619. The van der Waals surface area contributed by atoms with Crippen LogP contribution in [0.4, 0.5) is 0 Å². The molecule has 58 valence electrons. The van der Waals surface area contributed by atoms with Crippen molar-refractivity contribution in [2.75, 3.05) is 7.11 Å². The molecule has 0 aliphatic rings. The van der Waals surface area contributed by atoms with Gasteiger partial charge in [-0.25, -0.2) is 0 Å². The van der Waals surface area contributed by atoms with E-state index < -0.39 is 0 Å². The summed E-state index contributed by atoms with van der Waals surface area (Å²) in [6.45, 7) is 1.94. The van der Waals surface area contributed by atoms with E-state index in [4.69, 9.17) is 5.41 Å². The van der Waals surface area contributed by atoms with Crippen LogP contribution < -0.4 is 0 Å². The standard InChI is InChI=1S/C7H13NO2/c1-3-6(5-8)4-7(9)10-2/h5-6,8H,3-4H2,1-2H3. The molecule has 0 aromatic heterocycles. The first kappa shape index (κ1) is 9.14. The molecular weight excluding hydrogens is 130 g/mol. The van der Waals surface area contributed by atoms with Crippen molar-refractivity contribution in [1.29, 1.82) is 5.41 Å². The van der Waals surface area contributed by atoms with E-state index in [1.807, 2.05) is 6.92 Å². The fourth-order valence-corrected chi connectivity index (χ4v) is 0.619. The largest absolute Gasteiger partial charge is 0.469 e. The van der Waals surface area contributed by atoms with Gasteiger partial charge in [0.25, 0.3) is 0 Å². The Bertz CT molecular complexity index is 123. The van der Waals surface area contributed by atoms with E-state index in [2.05, 4.69) is 4.74 Å². The Labute approximate surface area is 60.9 Å². The molecular formula is C7H13NO2. The summed E-state index contributed by atoms with van der Waals surface area (Å²) in [7, 11) is 1.36. The van der Waals surface area contributed by atoms with Crippen LogP contribution in [0.2, 0.25) is 0 Å². The van der Waals surface area contributed by atoms with Gasteiger partial charge in [0.05, 0.1) is 13.5 Å². The van der Waals surface area contributed by atoms with E-state index in [-0.39, 0.29) is 11.9 Å². The number of carbonyl (C=O) groups excluding carboxylic acids is 1. The van der Waals surface area contributed by atoms with E-state index in [0.29, 0.717) is 6.42 Å². The van der Waals surface area contributed by atoms with Gasteiger partial charge in [-0.05, 0) is 12.6 Å². The van der Waals surface area contributed by atoms with E-state index >= 15 is 0 Å². The molecule has 0 saturated heterocycles.